The minimum Gasteiger partial charge on any atom is -0.493 e. The number of carboxylic acid groups (broad SMARTS) is 1. The highest BCUT2D eigenvalue weighted by molar-refractivity contribution is 8.00. The lowest BCUT2D eigenvalue weighted by molar-refractivity contribution is -0.154. The Hall–Kier alpha value is -2.37. The second-order valence-corrected chi connectivity index (χ2v) is 12.5. The number of amides is 2. The average Bonchev–Trinajstić information content (AvgIpc) is 3.56. The Morgan fingerprint density at radius 1 is 1.17 bits per heavy atom. The third-order valence-corrected chi connectivity index (χ3v) is 11.2. The SMILES string of the molecule is COc1ccc(C2c3sc(=S)[nH]c3SC3C4CC(C5C(=O)N(C(C)C(=O)O)C(=O)C45)C23)cc1OC. The number of hydrogen-bond donors (Lipinski definition) is 2. The molecule has 8 atom stereocenters. The number of nitrogens with zero attached hydrogens (tertiary/aromatic N) is 1. The highest BCUT2D eigenvalue weighted by Gasteiger charge is 2.70. The van der Waals surface area contributed by atoms with E-state index < -0.39 is 23.8 Å². The number of carbonyl (C=O) groups is 3. The topological polar surface area (TPSA) is 109 Å². The van der Waals surface area contributed by atoms with Crippen LogP contribution >= 0.6 is 35.3 Å². The van der Waals surface area contributed by atoms with E-state index in [2.05, 4.69) is 4.98 Å². The number of ether oxygens (including phenoxy) is 2. The minimum absolute atomic E-state index is 0.00753. The second-order valence-electron chi connectivity index (χ2n) is 9.64. The highest BCUT2D eigenvalue weighted by atomic mass is 32.2. The van der Waals surface area contributed by atoms with Gasteiger partial charge in [0.25, 0.3) is 0 Å². The first-order valence-corrected chi connectivity index (χ1v) is 13.6. The van der Waals surface area contributed by atoms with Crippen LogP contribution in [0.15, 0.2) is 23.2 Å². The summed E-state index contributed by atoms with van der Waals surface area (Å²) in [6.45, 7) is 1.41. The molecule has 4 aliphatic rings. The highest BCUT2D eigenvalue weighted by Crippen LogP contribution is 2.69. The van der Waals surface area contributed by atoms with Crippen LogP contribution in [0.3, 0.4) is 0 Å². The maximum Gasteiger partial charge on any atom is 0.326 e. The molecule has 11 heteroatoms. The van der Waals surface area contributed by atoms with Crippen LogP contribution in [0.2, 0.25) is 0 Å². The number of carbonyl (C=O) groups excluding carboxylic acids is 2. The van der Waals surface area contributed by atoms with Crippen molar-refractivity contribution in [3.05, 3.63) is 32.6 Å². The molecular weight excluding hydrogens is 508 g/mol. The van der Waals surface area contributed by atoms with E-state index in [4.69, 9.17) is 21.7 Å². The van der Waals surface area contributed by atoms with Gasteiger partial charge in [0.05, 0.1) is 31.1 Å². The van der Waals surface area contributed by atoms with Crippen molar-refractivity contribution >= 4 is 53.1 Å². The van der Waals surface area contributed by atoms with Crippen LogP contribution in [-0.2, 0) is 14.4 Å². The molecule has 2 aliphatic heterocycles. The number of methoxy groups -OCH3 is 2. The molecule has 3 fully saturated rings. The lowest BCUT2D eigenvalue weighted by atomic mass is 9.68. The molecule has 1 aromatic heterocycles. The van der Waals surface area contributed by atoms with Gasteiger partial charge in [0, 0.05) is 16.0 Å². The van der Waals surface area contributed by atoms with E-state index in [-0.39, 0.29) is 40.7 Å². The quantitative estimate of drug-likeness (QED) is 0.443. The summed E-state index contributed by atoms with van der Waals surface area (Å²) in [5, 5.41) is 10.7. The fourth-order valence-corrected chi connectivity index (χ4v) is 10.3. The number of rotatable bonds is 5. The molecule has 3 heterocycles. The third-order valence-electron chi connectivity index (χ3n) is 8.27. The Morgan fingerprint density at radius 3 is 2.51 bits per heavy atom. The molecule has 184 valence electrons. The summed E-state index contributed by atoms with van der Waals surface area (Å²) in [7, 11) is 3.21. The number of hydrogen-bond acceptors (Lipinski definition) is 8. The third kappa shape index (κ3) is 3.10. The predicted octanol–water partition coefficient (Wildman–Crippen LogP) is 3.77. The zero-order chi connectivity index (χ0) is 24.8. The molecule has 1 saturated heterocycles. The van der Waals surface area contributed by atoms with E-state index in [1.165, 1.54) is 6.92 Å². The first-order chi connectivity index (χ1) is 16.8. The lowest BCUT2D eigenvalue weighted by Gasteiger charge is -2.43. The number of thioether (sulfide) groups is 1. The van der Waals surface area contributed by atoms with E-state index in [1.54, 1.807) is 37.3 Å². The molecule has 2 aliphatic carbocycles. The van der Waals surface area contributed by atoms with Crippen LogP contribution in [0.1, 0.15) is 29.7 Å². The van der Waals surface area contributed by atoms with Crippen LogP contribution in [0.4, 0.5) is 0 Å². The van der Waals surface area contributed by atoms with Gasteiger partial charge in [0.1, 0.15) is 6.04 Å². The minimum atomic E-state index is -1.16. The predicted molar refractivity (Wildman–Crippen MR) is 132 cm³/mol. The maximum absolute atomic E-state index is 13.5. The first kappa shape index (κ1) is 23.1. The molecule has 6 rings (SSSR count). The van der Waals surface area contributed by atoms with Gasteiger partial charge < -0.3 is 19.6 Å². The molecule has 2 aromatic rings. The maximum atomic E-state index is 13.5. The van der Waals surface area contributed by atoms with Gasteiger partial charge in [0.2, 0.25) is 11.8 Å². The van der Waals surface area contributed by atoms with Crippen molar-refractivity contribution in [2.24, 2.45) is 29.6 Å². The summed E-state index contributed by atoms with van der Waals surface area (Å²) >= 11 is 8.78. The van der Waals surface area contributed by atoms with Gasteiger partial charge in [-0.05, 0) is 61.0 Å². The number of benzene rings is 1. The van der Waals surface area contributed by atoms with Gasteiger partial charge in [-0.1, -0.05) is 6.07 Å². The van der Waals surface area contributed by atoms with Crippen LogP contribution in [0.25, 0.3) is 0 Å². The van der Waals surface area contributed by atoms with Crippen molar-refractivity contribution in [3.63, 3.8) is 0 Å². The van der Waals surface area contributed by atoms with Gasteiger partial charge in [0.15, 0.2) is 15.5 Å². The Balaban J connectivity index is 1.46. The second kappa shape index (κ2) is 8.07. The standard InChI is InChI=1S/C24H24N2O6S3/c1-8(23(29)30)26-21(27)16-10-7-11(17(16)22(26)28)18-15(10)14(19-20(34-18)25-24(33)35-19)9-4-5-12(31-2)13(6-9)32-3/h4-6,8,10-11,14-18H,7H2,1-3H3,(H,25,33)(H,29,30). The normalized spacial score (nSPS) is 33.3. The van der Waals surface area contributed by atoms with Crippen molar-refractivity contribution in [1.82, 2.24) is 9.88 Å². The summed E-state index contributed by atoms with van der Waals surface area (Å²) in [5.74, 6) is -1.34. The summed E-state index contributed by atoms with van der Waals surface area (Å²) in [6.07, 6.45) is 0.796. The molecule has 2 saturated carbocycles. The Morgan fingerprint density at radius 2 is 1.86 bits per heavy atom. The largest absolute Gasteiger partial charge is 0.493 e. The zero-order valence-corrected chi connectivity index (χ0v) is 21.7. The van der Waals surface area contributed by atoms with E-state index in [0.717, 1.165) is 26.8 Å². The summed E-state index contributed by atoms with van der Waals surface area (Å²) < 4.78 is 11.7. The number of imide groups is 1. The van der Waals surface area contributed by atoms with Crippen molar-refractivity contribution in [1.29, 1.82) is 0 Å². The number of carboxylic acids is 1. The molecule has 0 spiro atoms. The van der Waals surface area contributed by atoms with E-state index in [9.17, 15) is 19.5 Å². The van der Waals surface area contributed by atoms with Crippen molar-refractivity contribution in [2.75, 3.05) is 14.2 Å². The number of H-pyrrole nitrogens is 1. The van der Waals surface area contributed by atoms with Gasteiger partial charge >= 0.3 is 5.97 Å². The molecule has 2 N–H and O–H groups in total. The van der Waals surface area contributed by atoms with Gasteiger partial charge in [-0.15, -0.1) is 23.1 Å². The van der Waals surface area contributed by atoms with Crippen LogP contribution < -0.4 is 9.47 Å². The van der Waals surface area contributed by atoms with Gasteiger partial charge in [-0.3, -0.25) is 14.5 Å². The fraction of sp³-hybridized carbons (Fsp3) is 0.500. The molecule has 0 radical (unpaired) electrons. The van der Waals surface area contributed by atoms with Crippen molar-refractivity contribution < 1.29 is 29.0 Å². The summed E-state index contributed by atoms with van der Waals surface area (Å²) in [5.41, 5.74) is 1.06. The van der Waals surface area contributed by atoms with Gasteiger partial charge in [-0.2, -0.15) is 0 Å². The van der Waals surface area contributed by atoms with E-state index >= 15 is 0 Å². The number of likely N-dealkylation sites (tertiary alicyclic amines) is 1. The molecule has 35 heavy (non-hydrogen) atoms. The Labute approximate surface area is 215 Å². The van der Waals surface area contributed by atoms with Crippen LogP contribution in [-0.4, -0.2) is 58.3 Å². The molecule has 2 amide bonds. The number of aromatic nitrogens is 1. The molecular formula is C24H24N2O6S3. The molecule has 2 bridgehead atoms. The average molecular weight is 533 g/mol. The van der Waals surface area contributed by atoms with Crippen molar-refractivity contribution in [3.8, 4) is 11.5 Å². The molecule has 8 unspecified atom stereocenters. The Bertz CT molecular complexity index is 1320. The van der Waals surface area contributed by atoms with Crippen LogP contribution in [0, 0.1) is 33.5 Å². The lowest BCUT2D eigenvalue weighted by Crippen LogP contribution is -2.44. The fourth-order valence-electron chi connectivity index (χ4n) is 6.95. The Kier molecular flexibility index (Phi) is 5.32. The number of thiazole rings is 1. The summed E-state index contributed by atoms with van der Waals surface area (Å²) in [6, 6.07) is 4.77. The first-order valence-electron chi connectivity index (χ1n) is 11.5. The van der Waals surface area contributed by atoms with Crippen LogP contribution in [0.5, 0.6) is 11.5 Å². The number of aliphatic carboxylic acids is 1. The van der Waals surface area contributed by atoms with Crippen molar-refractivity contribution in [2.45, 2.75) is 35.6 Å². The smallest absolute Gasteiger partial charge is 0.326 e. The number of fused-ring (bicyclic) bond motifs is 9. The molecule has 8 nitrogen and oxygen atoms in total. The molecule has 1 aromatic carbocycles. The number of aromatic amines is 1. The van der Waals surface area contributed by atoms with Gasteiger partial charge in [-0.25, -0.2) is 4.79 Å². The number of nitrogens with one attached hydrogen (secondary N) is 1. The van der Waals surface area contributed by atoms with E-state index in [0.29, 0.717) is 15.5 Å². The monoisotopic (exact) mass is 532 g/mol. The van der Waals surface area contributed by atoms with E-state index in [1.807, 2.05) is 18.2 Å². The summed E-state index contributed by atoms with van der Waals surface area (Å²) in [4.78, 5) is 43.9. The zero-order valence-electron chi connectivity index (χ0n) is 19.2.